The van der Waals surface area contributed by atoms with Gasteiger partial charge < -0.3 is 10.1 Å². The van der Waals surface area contributed by atoms with Gasteiger partial charge in [-0.05, 0) is 37.9 Å². The van der Waals surface area contributed by atoms with E-state index in [2.05, 4.69) is 27.3 Å². The number of aryl methyl sites for hydroxylation is 1. The summed E-state index contributed by atoms with van der Waals surface area (Å²) in [5, 5.41) is 11.1. The SMILES string of the molecule is CCN1CC[C@@H]1COc1cnn(C)c1-c1ccn2nc(NC(=O)C3CC3)c(F)c2c1. The average molecular weight is 412 g/mol. The van der Waals surface area contributed by atoms with Gasteiger partial charge in [0.25, 0.3) is 0 Å². The van der Waals surface area contributed by atoms with Crippen LogP contribution >= 0.6 is 0 Å². The van der Waals surface area contributed by atoms with Gasteiger partial charge in [-0.1, -0.05) is 6.92 Å². The molecule has 1 aliphatic carbocycles. The molecule has 5 rings (SSSR count). The van der Waals surface area contributed by atoms with E-state index in [0.717, 1.165) is 43.6 Å². The maximum atomic E-state index is 14.9. The summed E-state index contributed by atoms with van der Waals surface area (Å²) in [6, 6.07) is 3.98. The molecule has 1 aliphatic heterocycles. The number of hydrogen-bond donors (Lipinski definition) is 1. The lowest BCUT2D eigenvalue weighted by Gasteiger charge is -2.39. The molecule has 1 atom stereocenters. The highest BCUT2D eigenvalue weighted by molar-refractivity contribution is 5.94. The third-order valence-electron chi connectivity index (χ3n) is 6.05. The van der Waals surface area contributed by atoms with E-state index in [9.17, 15) is 9.18 Å². The van der Waals surface area contributed by atoms with Crippen LogP contribution < -0.4 is 10.1 Å². The number of nitrogens with one attached hydrogen (secondary N) is 1. The maximum Gasteiger partial charge on any atom is 0.228 e. The molecule has 0 unspecified atom stereocenters. The van der Waals surface area contributed by atoms with Crippen molar-refractivity contribution in [1.82, 2.24) is 24.3 Å². The van der Waals surface area contributed by atoms with Gasteiger partial charge >= 0.3 is 0 Å². The lowest BCUT2D eigenvalue weighted by Crippen LogP contribution is -2.50. The number of anilines is 1. The molecular formula is C21H25FN6O2. The number of hydrogen-bond acceptors (Lipinski definition) is 5. The molecule has 9 heteroatoms. The summed E-state index contributed by atoms with van der Waals surface area (Å²) in [5.41, 5.74) is 1.85. The predicted molar refractivity (Wildman–Crippen MR) is 110 cm³/mol. The van der Waals surface area contributed by atoms with Gasteiger partial charge in [0.05, 0.1) is 6.20 Å². The standard InChI is InChI=1S/C21H25FN6O2/c1-3-27-8-7-15(27)12-30-17-11-23-26(2)19(17)14-6-9-28-16(10-14)18(22)20(25-28)24-21(29)13-4-5-13/h6,9-11,13,15H,3-5,7-8,12H2,1-2H3,(H,24,25,29)/t15-/m1/s1. The molecule has 2 aliphatic rings. The highest BCUT2D eigenvalue weighted by Crippen LogP contribution is 2.33. The second kappa shape index (κ2) is 7.39. The van der Waals surface area contributed by atoms with Crippen molar-refractivity contribution in [3.8, 4) is 17.0 Å². The second-order valence-electron chi connectivity index (χ2n) is 8.03. The van der Waals surface area contributed by atoms with Crippen LogP contribution in [0.4, 0.5) is 10.2 Å². The lowest BCUT2D eigenvalue weighted by molar-refractivity contribution is -0.117. The minimum absolute atomic E-state index is 0.0155. The number of pyridine rings is 1. The molecule has 1 N–H and O–H groups in total. The zero-order chi connectivity index (χ0) is 20.8. The molecule has 1 saturated carbocycles. The van der Waals surface area contributed by atoms with Gasteiger partial charge in [0.15, 0.2) is 17.4 Å². The van der Waals surface area contributed by atoms with Crippen molar-refractivity contribution < 1.29 is 13.9 Å². The van der Waals surface area contributed by atoms with E-state index in [4.69, 9.17) is 4.74 Å². The van der Waals surface area contributed by atoms with Crippen LogP contribution in [0, 0.1) is 11.7 Å². The molecule has 2 fully saturated rings. The lowest BCUT2D eigenvalue weighted by atomic mass is 10.0. The fourth-order valence-corrected chi connectivity index (χ4v) is 3.95. The largest absolute Gasteiger partial charge is 0.488 e. The second-order valence-corrected chi connectivity index (χ2v) is 8.03. The Labute approximate surface area is 173 Å². The van der Waals surface area contributed by atoms with Crippen molar-refractivity contribution in [2.75, 3.05) is 25.0 Å². The number of likely N-dealkylation sites (tertiary alicyclic amines) is 1. The van der Waals surface area contributed by atoms with E-state index < -0.39 is 5.82 Å². The molecule has 30 heavy (non-hydrogen) atoms. The molecule has 3 aromatic rings. The molecule has 4 heterocycles. The molecule has 0 spiro atoms. The number of likely N-dealkylation sites (N-methyl/N-ethyl adjacent to an activating group) is 1. The number of aromatic nitrogens is 4. The summed E-state index contributed by atoms with van der Waals surface area (Å²) in [5.74, 6) is -0.0825. The van der Waals surface area contributed by atoms with Crippen molar-refractivity contribution in [1.29, 1.82) is 0 Å². The molecule has 0 radical (unpaired) electrons. The highest BCUT2D eigenvalue weighted by Gasteiger charge is 2.31. The van der Waals surface area contributed by atoms with E-state index in [-0.39, 0.29) is 17.6 Å². The number of amides is 1. The average Bonchev–Trinajstić information content (AvgIpc) is 3.44. The third kappa shape index (κ3) is 3.32. The first-order valence-electron chi connectivity index (χ1n) is 10.4. The zero-order valence-electron chi connectivity index (χ0n) is 17.1. The van der Waals surface area contributed by atoms with Gasteiger partial charge in [-0.15, -0.1) is 5.10 Å². The first-order chi connectivity index (χ1) is 14.5. The molecule has 0 aromatic carbocycles. The maximum absolute atomic E-state index is 14.9. The van der Waals surface area contributed by atoms with Crippen molar-refractivity contribution in [3.63, 3.8) is 0 Å². The van der Waals surface area contributed by atoms with Crippen molar-refractivity contribution in [3.05, 3.63) is 30.3 Å². The Morgan fingerprint density at radius 1 is 1.37 bits per heavy atom. The van der Waals surface area contributed by atoms with Crippen LogP contribution in [0.15, 0.2) is 24.5 Å². The molecule has 158 valence electrons. The van der Waals surface area contributed by atoms with Crippen molar-refractivity contribution in [2.45, 2.75) is 32.2 Å². The first kappa shape index (κ1) is 19.0. The third-order valence-corrected chi connectivity index (χ3v) is 6.05. The van der Waals surface area contributed by atoms with Gasteiger partial charge in [-0.25, -0.2) is 8.91 Å². The molecular weight excluding hydrogens is 387 g/mol. The Kier molecular flexibility index (Phi) is 4.69. The Morgan fingerprint density at radius 2 is 2.20 bits per heavy atom. The Hall–Kier alpha value is -2.94. The first-order valence-corrected chi connectivity index (χ1v) is 10.4. The van der Waals surface area contributed by atoms with Crippen LogP contribution in [0.5, 0.6) is 5.75 Å². The minimum atomic E-state index is -0.538. The number of carbonyl (C=O) groups excluding carboxylic acids is 1. The topological polar surface area (TPSA) is 76.7 Å². The van der Waals surface area contributed by atoms with Gasteiger partial charge in [0.1, 0.15) is 17.8 Å². The monoisotopic (exact) mass is 412 g/mol. The van der Waals surface area contributed by atoms with E-state index in [1.54, 1.807) is 23.1 Å². The summed E-state index contributed by atoms with van der Waals surface area (Å²) in [6.07, 6.45) is 6.21. The zero-order valence-corrected chi connectivity index (χ0v) is 17.1. The van der Waals surface area contributed by atoms with E-state index in [1.807, 2.05) is 13.1 Å². The molecule has 3 aromatic heterocycles. The van der Waals surface area contributed by atoms with Gasteiger partial charge in [-0.2, -0.15) is 5.10 Å². The van der Waals surface area contributed by atoms with Crippen molar-refractivity contribution in [2.24, 2.45) is 13.0 Å². The quantitative estimate of drug-likeness (QED) is 0.646. The van der Waals surface area contributed by atoms with Crippen LogP contribution in [0.25, 0.3) is 16.8 Å². The summed E-state index contributed by atoms with van der Waals surface area (Å²) in [4.78, 5) is 14.4. The number of ether oxygens (including phenoxy) is 1. The van der Waals surface area contributed by atoms with Crippen LogP contribution in [-0.4, -0.2) is 55.9 Å². The fraction of sp³-hybridized carbons (Fsp3) is 0.476. The van der Waals surface area contributed by atoms with Gasteiger partial charge in [0, 0.05) is 37.3 Å². The Morgan fingerprint density at radius 3 is 2.90 bits per heavy atom. The molecule has 8 nitrogen and oxygen atoms in total. The summed E-state index contributed by atoms with van der Waals surface area (Å²) < 4.78 is 24.2. The molecule has 1 amide bonds. The number of fused-ring (bicyclic) bond motifs is 1. The highest BCUT2D eigenvalue weighted by atomic mass is 19.1. The summed E-state index contributed by atoms with van der Waals surface area (Å²) >= 11 is 0. The van der Waals surface area contributed by atoms with Crippen LogP contribution in [0.1, 0.15) is 26.2 Å². The predicted octanol–water partition coefficient (Wildman–Crippen LogP) is 2.70. The number of carbonyl (C=O) groups is 1. The number of nitrogens with zero attached hydrogens (tertiary/aromatic N) is 5. The summed E-state index contributed by atoms with van der Waals surface area (Å²) in [7, 11) is 1.84. The number of rotatable bonds is 7. The van der Waals surface area contributed by atoms with Crippen LogP contribution in [-0.2, 0) is 11.8 Å². The van der Waals surface area contributed by atoms with Gasteiger partial charge in [0.2, 0.25) is 5.91 Å². The summed E-state index contributed by atoms with van der Waals surface area (Å²) in [6.45, 7) is 4.89. The number of halogens is 1. The Bertz CT molecular complexity index is 1100. The van der Waals surface area contributed by atoms with Crippen molar-refractivity contribution >= 4 is 17.2 Å². The Balaban J connectivity index is 1.41. The van der Waals surface area contributed by atoms with E-state index in [0.29, 0.717) is 23.9 Å². The molecule has 1 saturated heterocycles. The molecule has 0 bridgehead atoms. The van der Waals surface area contributed by atoms with Crippen LogP contribution in [0.2, 0.25) is 0 Å². The fourth-order valence-electron chi connectivity index (χ4n) is 3.95. The normalized spacial score (nSPS) is 19.1. The van der Waals surface area contributed by atoms with Gasteiger partial charge in [-0.3, -0.25) is 14.4 Å². The van der Waals surface area contributed by atoms with Crippen LogP contribution in [0.3, 0.4) is 0 Å². The minimum Gasteiger partial charge on any atom is -0.488 e. The van der Waals surface area contributed by atoms with E-state index >= 15 is 0 Å². The smallest absolute Gasteiger partial charge is 0.228 e. The van der Waals surface area contributed by atoms with E-state index in [1.165, 1.54) is 4.52 Å².